The molecule has 34 heavy (non-hydrogen) atoms. The van der Waals surface area contributed by atoms with Crippen molar-refractivity contribution >= 4 is 0 Å². The molecule has 5 rings (SSSR count). The molecule has 0 aliphatic heterocycles. The molecule has 6 heteroatoms. The van der Waals surface area contributed by atoms with Gasteiger partial charge in [-0.1, -0.05) is 35.9 Å². The number of aromatic nitrogens is 3. The normalized spacial score (nSPS) is 9.97. The quantitative estimate of drug-likeness (QED) is 0.208. The standard InChI is InChI=1S/C17H11F2N2.C11H8N.Ir/c1-11-7-17(14-5-4-13(18)8-16(14)19)21-10-15(11)12-3-2-6-20-9-12;1-2-6-10(7-3-1)11-8-4-5-9-12-11;/h2-4,6-10H,1H3;1-6,8-9H;/q2*-1;. The second-order valence-corrected chi connectivity index (χ2v) is 7.16. The monoisotopic (exact) mass is 628 g/mol. The van der Waals surface area contributed by atoms with Crippen LogP contribution >= 0.6 is 0 Å². The van der Waals surface area contributed by atoms with Crippen molar-refractivity contribution in [2.24, 2.45) is 0 Å². The molecule has 3 nitrogen and oxygen atoms in total. The van der Waals surface area contributed by atoms with Gasteiger partial charge in [0.2, 0.25) is 0 Å². The maximum atomic E-state index is 13.8. The van der Waals surface area contributed by atoms with Gasteiger partial charge in [0.25, 0.3) is 0 Å². The Bertz CT molecular complexity index is 1290. The first-order valence-electron chi connectivity index (χ1n) is 10.2. The first kappa shape index (κ1) is 25.0. The van der Waals surface area contributed by atoms with Gasteiger partial charge in [-0.25, -0.2) is 0 Å². The molecular weight excluding hydrogens is 609 g/mol. The van der Waals surface area contributed by atoms with Gasteiger partial charge in [0, 0.05) is 67.7 Å². The first-order chi connectivity index (χ1) is 16.1. The van der Waals surface area contributed by atoms with Gasteiger partial charge in [-0.3, -0.25) is 13.8 Å². The number of benzene rings is 2. The van der Waals surface area contributed by atoms with Gasteiger partial charge in [-0.2, -0.15) is 0 Å². The van der Waals surface area contributed by atoms with Crippen molar-refractivity contribution in [1.29, 1.82) is 0 Å². The molecule has 0 atom stereocenters. The second kappa shape index (κ2) is 12.0. The van der Waals surface area contributed by atoms with E-state index in [4.69, 9.17) is 0 Å². The van der Waals surface area contributed by atoms with E-state index in [1.54, 1.807) is 30.9 Å². The largest absolute Gasteiger partial charge is 0.305 e. The van der Waals surface area contributed by atoms with Crippen molar-refractivity contribution in [2.75, 3.05) is 0 Å². The smallest absolute Gasteiger partial charge is 0.0408 e. The van der Waals surface area contributed by atoms with Crippen LogP contribution in [0.5, 0.6) is 0 Å². The van der Waals surface area contributed by atoms with Crippen LogP contribution in [0.3, 0.4) is 0 Å². The third kappa shape index (κ3) is 6.25. The van der Waals surface area contributed by atoms with E-state index in [1.807, 2.05) is 61.5 Å². The Morgan fingerprint density at radius 3 is 2.29 bits per heavy atom. The van der Waals surface area contributed by atoms with Gasteiger partial charge in [0.15, 0.2) is 0 Å². The zero-order valence-electron chi connectivity index (χ0n) is 18.2. The van der Waals surface area contributed by atoms with Gasteiger partial charge in [0.05, 0.1) is 0 Å². The van der Waals surface area contributed by atoms with Crippen molar-refractivity contribution in [2.45, 2.75) is 6.92 Å². The Hall–Kier alpha value is -3.60. The number of aryl methyl sites for hydroxylation is 1. The van der Waals surface area contributed by atoms with E-state index in [0.29, 0.717) is 5.69 Å². The third-order valence-corrected chi connectivity index (χ3v) is 4.85. The summed E-state index contributed by atoms with van der Waals surface area (Å²) < 4.78 is 26.7. The molecule has 171 valence electrons. The van der Waals surface area contributed by atoms with E-state index < -0.39 is 11.6 Å². The fourth-order valence-electron chi connectivity index (χ4n) is 3.23. The molecule has 0 saturated heterocycles. The zero-order chi connectivity index (χ0) is 23.0. The SMILES string of the molecule is Cc1cc(-c2[c-]cc(F)cc2F)ncc1-c1cccnc1.[Ir].[c-]1ccccc1-c1ccccn1. The number of hydrogen-bond acceptors (Lipinski definition) is 3. The number of pyridine rings is 3. The molecule has 0 saturated carbocycles. The maximum Gasteiger partial charge on any atom is 0.0408 e. The molecule has 5 aromatic rings. The molecular formula is C28H19F2IrN3-2. The van der Waals surface area contributed by atoms with Crippen molar-refractivity contribution in [1.82, 2.24) is 15.0 Å². The summed E-state index contributed by atoms with van der Waals surface area (Å²) in [7, 11) is 0. The van der Waals surface area contributed by atoms with Crippen LogP contribution in [0.4, 0.5) is 8.78 Å². The molecule has 0 fully saturated rings. The third-order valence-electron chi connectivity index (χ3n) is 4.85. The summed E-state index contributed by atoms with van der Waals surface area (Å²) in [5.41, 5.74) is 5.41. The molecule has 3 heterocycles. The summed E-state index contributed by atoms with van der Waals surface area (Å²) in [6.07, 6.45) is 6.90. The fraction of sp³-hybridized carbons (Fsp3) is 0.0357. The van der Waals surface area contributed by atoms with Crippen LogP contribution in [0.2, 0.25) is 0 Å². The zero-order valence-corrected chi connectivity index (χ0v) is 20.6. The minimum absolute atomic E-state index is 0. The van der Waals surface area contributed by atoms with Gasteiger partial charge in [0.1, 0.15) is 0 Å². The molecule has 0 aliphatic rings. The van der Waals surface area contributed by atoms with E-state index in [0.717, 1.165) is 40.1 Å². The predicted octanol–water partition coefficient (Wildman–Crippen LogP) is 6.74. The predicted molar refractivity (Wildman–Crippen MR) is 125 cm³/mol. The minimum Gasteiger partial charge on any atom is -0.305 e. The summed E-state index contributed by atoms with van der Waals surface area (Å²) in [4.78, 5) is 12.5. The number of nitrogens with zero attached hydrogens (tertiary/aromatic N) is 3. The van der Waals surface area contributed by atoms with Crippen molar-refractivity contribution in [3.8, 4) is 33.6 Å². The fourth-order valence-corrected chi connectivity index (χ4v) is 3.23. The van der Waals surface area contributed by atoms with Crippen molar-refractivity contribution < 1.29 is 28.9 Å². The Morgan fingerprint density at radius 2 is 1.65 bits per heavy atom. The van der Waals surface area contributed by atoms with E-state index in [9.17, 15) is 8.78 Å². The van der Waals surface area contributed by atoms with E-state index in [2.05, 4.69) is 27.1 Å². The molecule has 0 unspecified atom stereocenters. The van der Waals surface area contributed by atoms with Gasteiger partial charge in [-0.05, 0) is 36.0 Å². The molecule has 3 aromatic heterocycles. The Labute approximate surface area is 210 Å². The van der Waals surface area contributed by atoms with Crippen LogP contribution in [0.15, 0.2) is 97.6 Å². The number of rotatable bonds is 3. The van der Waals surface area contributed by atoms with Crippen molar-refractivity contribution in [3.05, 3.63) is 127 Å². The average Bonchev–Trinajstić information content (AvgIpc) is 2.86. The topological polar surface area (TPSA) is 38.7 Å². The van der Waals surface area contributed by atoms with Crippen LogP contribution in [0, 0.1) is 30.7 Å². The minimum atomic E-state index is -0.670. The van der Waals surface area contributed by atoms with Crippen LogP contribution < -0.4 is 0 Å². The Kier molecular flexibility index (Phi) is 8.86. The second-order valence-electron chi connectivity index (χ2n) is 7.16. The van der Waals surface area contributed by atoms with Crippen LogP contribution in [-0.2, 0) is 20.1 Å². The summed E-state index contributed by atoms with van der Waals surface area (Å²) in [5, 5.41) is 0. The van der Waals surface area contributed by atoms with Gasteiger partial charge in [-0.15, -0.1) is 48.0 Å². The number of halogens is 2. The van der Waals surface area contributed by atoms with Crippen LogP contribution in [0.25, 0.3) is 33.6 Å². The van der Waals surface area contributed by atoms with Crippen LogP contribution in [0.1, 0.15) is 5.56 Å². The molecule has 1 radical (unpaired) electrons. The Morgan fingerprint density at radius 1 is 0.794 bits per heavy atom. The van der Waals surface area contributed by atoms with Gasteiger partial charge >= 0.3 is 0 Å². The number of hydrogen-bond donors (Lipinski definition) is 0. The molecule has 0 N–H and O–H groups in total. The molecule has 0 bridgehead atoms. The summed E-state index contributed by atoms with van der Waals surface area (Å²) >= 11 is 0. The summed E-state index contributed by atoms with van der Waals surface area (Å²) in [6.45, 7) is 1.91. The van der Waals surface area contributed by atoms with E-state index >= 15 is 0 Å². The molecule has 0 amide bonds. The summed E-state index contributed by atoms with van der Waals surface area (Å²) in [6, 6.07) is 26.9. The average molecular weight is 628 g/mol. The summed E-state index contributed by atoms with van der Waals surface area (Å²) in [5.74, 6) is -1.32. The van der Waals surface area contributed by atoms with Crippen molar-refractivity contribution in [3.63, 3.8) is 0 Å². The molecule has 0 aliphatic carbocycles. The Balaban J connectivity index is 0.000000212. The van der Waals surface area contributed by atoms with E-state index in [-0.39, 0.29) is 25.7 Å². The first-order valence-corrected chi connectivity index (χ1v) is 10.2. The van der Waals surface area contributed by atoms with Crippen LogP contribution in [-0.4, -0.2) is 15.0 Å². The molecule has 0 spiro atoms. The van der Waals surface area contributed by atoms with Gasteiger partial charge < -0.3 is 9.97 Å². The maximum absolute atomic E-state index is 13.8. The van der Waals surface area contributed by atoms with E-state index in [1.165, 1.54) is 0 Å². The molecule has 2 aromatic carbocycles.